The number of carbonyl (C=O) groups is 2. The highest BCUT2D eigenvalue weighted by molar-refractivity contribution is 7.16. The number of carbonyl (C=O) groups excluding carboxylic acids is 2. The van der Waals surface area contributed by atoms with E-state index in [2.05, 4.69) is 31.4 Å². The lowest BCUT2D eigenvalue weighted by Gasteiger charge is -2.34. The van der Waals surface area contributed by atoms with Crippen molar-refractivity contribution in [1.82, 2.24) is 5.32 Å². The van der Waals surface area contributed by atoms with Crippen molar-refractivity contribution >= 4 is 28.2 Å². The Morgan fingerprint density at radius 1 is 1.18 bits per heavy atom. The third-order valence-corrected chi connectivity index (χ3v) is 7.12. The maximum absolute atomic E-state index is 12.9. The Morgan fingerprint density at radius 3 is 2.54 bits per heavy atom. The van der Waals surface area contributed by atoms with Crippen molar-refractivity contribution in [2.24, 2.45) is 11.3 Å². The van der Waals surface area contributed by atoms with Gasteiger partial charge in [-0.3, -0.25) is 4.79 Å². The molecule has 2 aromatic rings. The summed E-state index contributed by atoms with van der Waals surface area (Å²) in [5.41, 5.74) is 3.74. The molecule has 1 aromatic heterocycles. The van der Waals surface area contributed by atoms with Crippen LogP contribution >= 0.6 is 11.3 Å². The quantitative estimate of drug-likeness (QED) is 0.729. The summed E-state index contributed by atoms with van der Waals surface area (Å²) in [4.78, 5) is 25.9. The highest BCUT2D eigenvalue weighted by atomic mass is 32.1. The smallest absolute Gasteiger partial charge is 0.337 e. The van der Waals surface area contributed by atoms with Gasteiger partial charge >= 0.3 is 5.97 Å². The molecule has 2 heterocycles. The molecule has 1 aliphatic carbocycles. The molecule has 2 N–H and O–H groups in total. The lowest BCUT2D eigenvalue weighted by molar-refractivity contribution is 0.0600. The maximum atomic E-state index is 12.9. The molecule has 148 valence electrons. The van der Waals surface area contributed by atoms with E-state index in [1.807, 2.05) is 12.1 Å². The van der Waals surface area contributed by atoms with Crippen LogP contribution in [0.4, 0.5) is 5.00 Å². The number of methoxy groups -OCH3 is 1. The van der Waals surface area contributed by atoms with Crippen LogP contribution in [-0.2, 0) is 17.6 Å². The minimum atomic E-state index is -0.367. The number of hydrogen-bond donors (Lipinski definition) is 2. The molecule has 1 aliphatic heterocycles. The molecule has 28 heavy (non-hydrogen) atoms. The van der Waals surface area contributed by atoms with Gasteiger partial charge in [-0.1, -0.05) is 32.9 Å². The van der Waals surface area contributed by atoms with Crippen LogP contribution in [0.3, 0.4) is 0 Å². The molecular formula is C22H26N2O3S. The van der Waals surface area contributed by atoms with E-state index in [0.29, 0.717) is 11.5 Å². The Bertz CT molecular complexity index is 924. The highest BCUT2D eigenvalue weighted by Gasteiger charge is 2.36. The van der Waals surface area contributed by atoms with Gasteiger partial charge in [0, 0.05) is 4.88 Å². The van der Waals surface area contributed by atoms with Crippen molar-refractivity contribution in [3.63, 3.8) is 0 Å². The molecule has 1 amide bonds. The molecule has 2 aliphatic rings. The molecule has 0 spiro atoms. The van der Waals surface area contributed by atoms with Crippen LogP contribution in [0.25, 0.3) is 0 Å². The van der Waals surface area contributed by atoms with Gasteiger partial charge in [0.1, 0.15) is 11.2 Å². The number of amides is 1. The van der Waals surface area contributed by atoms with Crippen LogP contribution in [0.15, 0.2) is 24.3 Å². The van der Waals surface area contributed by atoms with E-state index in [1.54, 1.807) is 23.5 Å². The number of hydrogen-bond acceptors (Lipinski definition) is 5. The molecule has 0 saturated carbocycles. The number of ether oxygens (including phenoxy) is 1. The number of thiophene rings is 1. The largest absolute Gasteiger partial charge is 0.465 e. The summed E-state index contributed by atoms with van der Waals surface area (Å²) in [5, 5.41) is 7.52. The first kappa shape index (κ1) is 19.0. The van der Waals surface area contributed by atoms with Gasteiger partial charge in [-0.25, -0.2) is 4.79 Å². The van der Waals surface area contributed by atoms with Gasteiger partial charge < -0.3 is 15.4 Å². The lowest BCUT2D eigenvalue weighted by Crippen LogP contribution is -2.38. The van der Waals surface area contributed by atoms with E-state index in [1.165, 1.54) is 17.6 Å². The third-order valence-electron chi connectivity index (χ3n) is 5.93. The number of anilines is 1. The van der Waals surface area contributed by atoms with Crippen molar-refractivity contribution in [1.29, 1.82) is 0 Å². The van der Waals surface area contributed by atoms with E-state index in [4.69, 9.17) is 4.74 Å². The summed E-state index contributed by atoms with van der Waals surface area (Å²) < 4.78 is 4.74. The predicted molar refractivity (Wildman–Crippen MR) is 111 cm³/mol. The van der Waals surface area contributed by atoms with Gasteiger partial charge in [0.25, 0.3) is 5.91 Å². The van der Waals surface area contributed by atoms with Crippen molar-refractivity contribution in [2.75, 3.05) is 12.4 Å². The molecule has 6 heteroatoms. The Balaban J connectivity index is 1.59. The van der Waals surface area contributed by atoms with Crippen LogP contribution in [-0.4, -0.2) is 19.0 Å². The molecular weight excluding hydrogens is 372 g/mol. The summed E-state index contributed by atoms with van der Waals surface area (Å²) in [6, 6.07) is 7.13. The Kier molecular flexibility index (Phi) is 4.70. The summed E-state index contributed by atoms with van der Waals surface area (Å²) in [6.07, 6.45) is 2.84. The summed E-state index contributed by atoms with van der Waals surface area (Å²) in [7, 11) is 1.36. The fourth-order valence-corrected chi connectivity index (χ4v) is 5.49. The van der Waals surface area contributed by atoms with E-state index in [-0.39, 0.29) is 23.5 Å². The first-order chi connectivity index (χ1) is 13.3. The zero-order valence-electron chi connectivity index (χ0n) is 16.7. The predicted octanol–water partition coefficient (Wildman–Crippen LogP) is 4.54. The van der Waals surface area contributed by atoms with Gasteiger partial charge in [-0.05, 0) is 53.9 Å². The second-order valence-corrected chi connectivity index (χ2v) is 9.78. The zero-order valence-corrected chi connectivity index (χ0v) is 17.5. The van der Waals surface area contributed by atoms with Crippen molar-refractivity contribution < 1.29 is 14.3 Å². The molecule has 0 bridgehead atoms. The number of nitrogens with one attached hydrogen (secondary N) is 2. The monoisotopic (exact) mass is 398 g/mol. The number of benzene rings is 1. The van der Waals surface area contributed by atoms with Gasteiger partial charge in [-0.2, -0.15) is 0 Å². The number of rotatable bonds is 2. The van der Waals surface area contributed by atoms with Crippen molar-refractivity contribution in [3.05, 3.63) is 51.4 Å². The molecule has 0 radical (unpaired) electrons. The van der Waals surface area contributed by atoms with Crippen LogP contribution in [0.5, 0.6) is 0 Å². The first-order valence-electron chi connectivity index (χ1n) is 9.68. The highest BCUT2D eigenvalue weighted by Crippen LogP contribution is 2.45. The molecule has 0 saturated heterocycles. The first-order valence-corrected chi connectivity index (χ1v) is 10.5. The second kappa shape index (κ2) is 6.92. The molecule has 0 fully saturated rings. The van der Waals surface area contributed by atoms with E-state index in [9.17, 15) is 9.59 Å². The minimum absolute atomic E-state index is 0.0116. The van der Waals surface area contributed by atoms with Crippen LogP contribution < -0.4 is 10.6 Å². The Morgan fingerprint density at radius 2 is 1.89 bits per heavy atom. The summed E-state index contributed by atoms with van der Waals surface area (Å²) >= 11 is 1.73. The lowest BCUT2D eigenvalue weighted by atomic mass is 9.72. The normalized spacial score (nSPS) is 21.2. The number of fused-ring (bicyclic) bond motifs is 3. The zero-order chi connectivity index (χ0) is 20.1. The van der Waals surface area contributed by atoms with Gasteiger partial charge in [0.05, 0.1) is 18.2 Å². The molecule has 4 rings (SSSR count). The Hall–Kier alpha value is -2.34. The maximum Gasteiger partial charge on any atom is 0.337 e. The topological polar surface area (TPSA) is 67.4 Å². The van der Waals surface area contributed by atoms with Gasteiger partial charge in [0.15, 0.2) is 0 Å². The minimum Gasteiger partial charge on any atom is -0.465 e. The van der Waals surface area contributed by atoms with Gasteiger partial charge in [0.2, 0.25) is 0 Å². The third kappa shape index (κ3) is 3.30. The van der Waals surface area contributed by atoms with E-state index < -0.39 is 0 Å². The molecule has 5 nitrogen and oxygen atoms in total. The SMILES string of the molecule is COC(=O)c1ccc([C@@H]2NC(=O)c3c(sc4c3CC[C@H](C(C)(C)C)C4)N2)cc1. The standard InChI is InChI=1S/C22H26N2O3S/c1-22(2,3)14-9-10-15-16(11-14)28-20-17(15)19(25)23-18(24-20)12-5-7-13(8-6-12)21(26)27-4/h5-8,14,18,24H,9-11H2,1-4H3,(H,23,25)/t14-,18+/m0/s1. The number of esters is 1. The average Bonchev–Trinajstić information content (AvgIpc) is 3.04. The van der Waals surface area contributed by atoms with Crippen molar-refractivity contribution in [2.45, 2.75) is 46.2 Å². The second-order valence-electron chi connectivity index (χ2n) is 8.68. The average molecular weight is 399 g/mol. The van der Waals surface area contributed by atoms with Crippen LogP contribution in [0.1, 0.15) is 70.1 Å². The summed E-state index contributed by atoms with van der Waals surface area (Å²) in [6.45, 7) is 6.90. The van der Waals surface area contributed by atoms with Crippen LogP contribution in [0, 0.1) is 11.3 Å². The molecule has 0 unspecified atom stereocenters. The van der Waals surface area contributed by atoms with Gasteiger partial charge in [-0.15, -0.1) is 11.3 Å². The van der Waals surface area contributed by atoms with Crippen LogP contribution in [0.2, 0.25) is 0 Å². The fraction of sp³-hybridized carbons (Fsp3) is 0.455. The van der Waals surface area contributed by atoms with Crippen molar-refractivity contribution in [3.8, 4) is 0 Å². The molecule has 2 atom stereocenters. The van der Waals surface area contributed by atoms with E-state index in [0.717, 1.165) is 35.4 Å². The summed E-state index contributed by atoms with van der Waals surface area (Å²) in [5.74, 6) is 0.265. The Labute approximate surface area is 169 Å². The van der Waals surface area contributed by atoms with E-state index >= 15 is 0 Å². The fourth-order valence-electron chi connectivity index (χ4n) is 4.13. The molecule has 1 aromatic carbocycles.